The smallest absolute Gasteiger partial charge is 0.110 e. The Labute approximate surface area is 132 Å². The highest BCUT2D eigenvalue weighted by Gasteiger charge is 2.38. The normalized spacial score (nSPS) is 26.9. The van der Waals surface area contributed by atoms with Crippen LogP contribution in [0, 0.1) is 5.41 Å². The monoisotopic (exact) mass is 305 g/mol. The van der Waals surface area contributed by atoms with Crippen molar-refractivity contribution in [1.82, 2.24) is 15.2 Å². The fourth-order valence-electron chi connectivity index (χ4n) is 4.51. The molecule has 3 nitrogen and oxygen atoms in total. The molecule has 3 aliphatic rings. The van der Waals surface area contributed by atoms with Gasteiger partial charge in [0.15, 0.2) is 0 Å². The second-order valence-electron chi connectivity index (χ2n) is 7.27. The molecular formula is C17H27N3S. The molecule has 1 spiro atoms. The van der Waals surface area contributed by atoms with E-state index in [1.54, 1.807) is 4.88 Å². The van der Waals surface area contributed by atoms with Crippen molar-refractivity contribution in [2.75, 3.05) is 26.2 Å². The van der Waals surface area contributed by atoms with Crippen LogP contribution in [-0.4, -0.2) is 36.1 Å². The molecule has 1 N–H and O–H groups in total. The summed E-state index contributed by atoms with van der Waals surface area (Å²) in [5.41, 5.74) is 2.10. The molecule has 21 heavy (non-hydrogen) atoms. The Morgan fingerprint density at radius 3 is 2.71 bits per heavy atom. The van der Waals surface area contributed by atoms with Gasteiger partial charge in [-0.1, -0.05) is 12.8 Å². The van der Waals surface area contributed by atoms with Gasteiger partial charge in [0.25, 0.3) is 0 Å². The van der Waals surface area contributed by atoms with E-state index in [4.69, 9.17) is 4.98 Å². The Balaban J connectivity index is 1.52. The Morgan fingerprint density at radius 2 is 1.95 bits per heavy atom. The molecule has 1 unspecified atom stereocenters. The van der Waals surface area contributed by atoms with Gasteiger partial charge in [0.2, 0.25) is 0 Å². The minimum absolute atomic E-state index is 0.502. The number of rotatable bonds is 2. The maximum Gasteiger partial charge on any atom is 0.110 e. The lowest BCUT2D eigenvalue weighted by Gasteiger charge is -2.32. The van der Waals surface area contributed by atoms with Crippen molar-refractivity contribution in [2.24, 2.45) is 5.41 Å². The molecule has 4 heteroatoms. The van der Waals surface area contributed by atoms with Gasteiger partial charge in [0, 0.05) is 31.1 Å². The fraction of sp³-hybridized carbons (Fsp3) is 0.824. The molecular weight excluding hydrogens is 278 g/mol. The molecule has 4 rings (SSSR count). The van der Waals surface area contributed by atoms with Gasteiger partial charge in [-0.25, -0.2) is 4.98 Å². The SMILES string of the molecule is CC(c1nc2c(s1)CC1(CCCC1)CC2)N1CCNCC1. The number of piperazine rings is 1. The lowest BCUT2D eigenvalue weighted by molar-refractivity contribution is 0.185. The molecule has 1 aliphatic heterocycles. The van der Waals surface area contributed by atoms with E-state index in [0.29, 0.717) is 11.5 Å². The van der Waals surface area contributed by atoms with E-state index in [9.17, 15) is 0 Å². The third kappa shape index (κ3) is 2.66. The number of aryl methyl sites for hydroxylation is 1. The summed E-state index contributed by atoms with van der Waals surface area (Å²) in [5, 5.41) is 4.82. The van der Waals surface area contributed by atoms with Crippen LogP contribution >= 0.6 is 11.3 Å². The number of hydrogen-bond donors (Lipinski definition) is 1. The topological polar surface area (TPSA) is 28.2 Å². The first kappa shape index (κ1) is 14.2. The van der Waals surface area contributed by atoms with Crippen molar-refractivity contribution >= 4 is 11.3 Å². The van der Waals surface area contributed by atoms with Crippen molar-refractivity contribution in [1.29, 1.82) is 0 Å². The summed E-state index contributed by atoms with van der Waals surface area (Å²) in [6, 6.07) is 0.502. The second kappa shape index (κ2) is 5.64. The average molecular weight is 305 g/mol. The summed E-state index contributed by atoms with van der Waals surface area (Å²) in [6.07, 6.45) is 9.80. The maximum atomic E-state index is 5.04. The molecule has 2 heterocycles. The van der Waals surface area contributed by atoms with E-state index >= 15 is 0 Å². The van der Waals surface area contributed by atoms with E-state index in [1.807, 2.05) is 11.3 Å². The maximum absolute atomic E-state index is 5.04. The zero-order chi connectivity index (χ0) is 14.3. The summed E-state index contributed by atoms with van der Waals surface area (Å²) in [4.78, 5) is 9.25. The Hall–Kier alpha value is -0.450. The number of nitrogens with zero attached hydrogens (tertiary/aromatic N) is 2. The molecule has 1 aromatic heterocycles. The van der Waals surface area contributed by atoms with E-state index in [-0.39, 0.29) is 0 Å². The van der Waals surface area contributed by atoms with Gasteiger partial charge < -0.3 is 5.32 Å². The number of thiazole rings is 1. The Morgan fingerprint density at radius 1 is 1.19 bits per heavy atom. The van der Waals surface area contributed by atoms with Crippen molar-refractivity contribution in [3.63, 3.8) is 0 Å². The first-order valence-electron chi connectivity index (χ1n) is 8.69. The summed E-state index contributed by atoms with van der Waals surface area (Å²) in [5.74, 6) is 0. The zero-order valence-corrected chi connectivity index (χ0v) is 14.0. The van der Waals surface area contributed by atoms with Crippen LogP contribution in [0.2, 0.25) is 0 Å². The summed E-state index contributed by atoms with van der Waals surface area (Å²) in [6.45, 7) is 6.92. The van der Waals surface area contributed by atoms with Crippen molar-refractivity contribution < 1.29 is 0 Å². The molecule has 0 radical (unpaired) electrons. The average Bonchev–Trinajstić information content (AvgIpc) is 3.14. The van der Waals surface area contributed by atoms with E-state index in [0.717, 1.165) is 26.2 Å². The van der Waals surface area contributed by atoms with Crippen LogP contribution in [0.4, 0.5) is 0 Å². The Bertz CT molecular complexity index is 498. The largest absolute Gasteiger partial charge is 0.314 e. The summed E-state index contributed by atoms with van der Waals surface area (Å²) < 4.78 is 0. The fourth-order valence-corrected chi connectivity index (χ4v) is 5.88. The lowest BCUT2D eigenvalue weighted by Crippen LogP contribution is -2.44. The van der Waals surface area contributed by atoms with Crippen LogP contribution in [0.5, 0.6) is 0 Å². The number of aromatic nitrogens is 1. The van der Waals surface area contributed by atoms with Crippen LogP contribution in [0.1, 0.15) is 60.6 Å². The van der Waals surface area contributed by atoms with Crippen LogP contribution in [0.25, 0.3) is 0 Å². The predicted molar refractivity (Wildman–Crippen MR) is 87.9 cm³/mol. The molecule has 2 fully saturated rings. The van der Waals surface area contributed by atoms with Crippen molar-refractivity contribution in [2.45, 2.75) is 57.9 Å². The van der Waals surface area contributed by atoms with Crippen LogP contribution in [0.3, 0.4) is 0 Å². The molecule has 1 aromatic rings. The highest BCUT2D eigenvalue weighted by atomic mass is 32.1. The number of hydrogen-bond acceptors (Lipinski definition) is 4. The molecule has 1 atom stereocenters. The summed E-state index contributed by atoms with van der Waals surface area (Å²) in [7, 11) is 0. The Kier molecular flexibility index (Phi) is 3.80. The van der Waals surface area contributed by atoms with E-state index in [2.05, 4.69) is 17.1 Å². The van der Waals surface area contributed by atoms with E-state index in [1.165, 1.54) is 55.6 Å². The van der Waals surface area contributed by atoms with Crippen molar-refractivity contribution in [3.8, 4) is 0 Å². The van der Waals surface area contributed by atoms with Crippen LogP contribution in [0.15, 0.2) is 0 Å². The standard InChI is InChI=1S/C17H27N3S/c1-13(20-10-8-18-9-11-20)16-19-14-4-7-17(5-2-3-6-17)12-15(14)21-16/h13,18H,2-12H2,1H3. The van der Waals surface area contributed by atoms with Gasteiger partial charge >= 0.3 is 0 Å². The minimum atomic E-state index is 0.502. The van der Waals surface area contributed by atoms with Gasteiger partial charge in [-0.05, 0) is 44.4 Å². The molecule has 116 valence electrons. The molecule has 0 bridgehead atoms. The first-order valence-corrected chi connectivity index (χ1v) is 9.51. The second-order valence-corrected chi connectivity index (χ2v) is 8.38. The highest BCUT2D eigenvalue weighted by Crippen LogP contribution is 2.49. The molecule has 0 aromatic carbocycles. The lowest BCUT2D eigenvalue weighted by atomic mass is 9.74. The number of fused-ring (bicyclic) bond motifs is 1. The van der Waals surface area contributed by atoms with Crippen LogP contribution in [-0.2, 0) is 12.8 Å². The quantitative estimate of drug-likeness (QED) is 0.910. The molecule has 0 amide bonds. The third-order valence-corrected chi connectivity index (χ3v) is 7.21. The van der Waals surface area contributed by atoms with Crippen LogP contribution < -0.4 is 5.32 Å². The third-order valence-electron chi connectivity index (χ3n) is 5.94. The van der Waals surface area contributed by atoms with Gasteiger partial charge in [0.1, 0.15) is 5.01 Å². The summed E-state index contributed by atoms with van der Waals surface area (Å²) >= 11 is 2.02. The van der Waals surface area contributed by atoms with Gasteiger partial charge in [-0.3, -0.25) is 4.90 Å². The highest BCUT2D eigenvalue weighted by molar-refractivity contribution is 7.11. The molecule has 2 aliphatic carbocycles. The number of nitrogens with one attached hydrogen (secondary N) is 1. The predicted octanol–water partition coefficient (Wildman–Crippen LogP) is 3.16. The molecule has 1 saturated carbocycles. The zero-order valence-electron chi connectivity index (χ0n) is 13.2. The minimum Gasteiger partial charge on any atom is -0.314 e. The van der Waals surface area contributed by atoms with Crippen molar-refractivity contribution in [3.05, 3.63) is 15.6 Å². The van der Waals surface area contributed by atoms with Gasteiger partial charge in [-0.2, -0.15) is 0 Å². The van der Waals surface area contributed by atoms with E-state index < -0.39 is 0 Å². The van der Waals surface area contributed by atoms with Gasteiger partial charge in [-0.15, -0.1) is 11.3 Å². The first-order chi connectivity index (χ1) is 10.3. The van der Waals surface area contributed by atoms with Gasteiger partial charge in [0.05, 0.1) is 11.7 Å². The molecule has 1 saturated heterocycles.